The fourth-order valence-corrected chi connectivity index (χ4v) is 9.47. The van der Waals surface area contributed by atoms with Crippen molar-refractivity contribution in [1.29, 1.82) is 0 Å². The number of likely N-dealkylation sites (N-methyl/N-ethyl adjacent to an activating group) is 1. The zero-order valence-electron chi connectivity index (χ0n) is 44.2. The van der Waals surface area contributed by atoms with Crippen LogP contribution in [-0.2, 0) is 18.4 Å². The summed E-state index contributed by atoms with van der Waals surface area (Å²) >= 11 is 0. The fourth-order valence-electron chi connectivity index (χ4n) is 8.74. The lowest BCUT2D eigenvalue weighted by atomic mass is 10.0. The summed E-state index contributed by atoms with van der Waals surface area (Å²) in [6, 6.07) is -0.797. The Balaban J connectivity index is 4.13. The van der Waals surface area contributed by atoms with E-state index < -0.39 is 20.0 Å². The Bertz CT molecular complexity index is 1070. The SMILES string of the molecule is CCCCCCCCCC/C=C\CCCCCCCCCCCCCCCC(=O)NC(COP(=O)([O-])OCC[N+](C)(C)C)C(O)CCCCCCCCCCCCCCCCCCCC. The van der Waals surface area contributed by atoms with Crippen LogP contribution in [0.3, 0.4) is 0 Å². The van der Waals surface area contributed by atoms with Crippen LogP contribution in [0.4, 0.5) is 0 Å². The summed E-state index contributed by atoms with van der Waals surface area (Å²) in [7, 11) is 1.32. The normalized spacial score (nSPS) is 14.0. The molecule has 0 aliphatic carbocycles. The Hall–Kier alpha value is -0.760. The molecule has 0 aromatic rings. The summed E-state index contributed by atoms with van der Waals surface area (Å²) < 4.78 is 23.4. The third kappa shape index (κ3) is 50.9. The third-order valence-corrected chi connectivity index (χ3v) is 14.2. The topological polar surface area (TPSA) is 108 Å². The van der Waals surface area contributed by atoms with E-state index in [0.29, 0.717) is 23.9 Å². The Morgan fingerprint density at radius 3 is 1.20 bits per heavy atom. The Kier molecular flexibility index (Phi) is 47.7. The summed E-state index contributed by atoms with van der Waals surface area (Å²) in [5, 5.41) is 14.0. The van der Waals surface area contributed by atoms with Crippen molar-refractivity contribution in [3.63, 3.8) is 0 Å². The Labute approximate surface area is 405 Å². The van der Waals surface area contributed by atoms with Gasteiger partial charge in [-0.3, -0.25) is 9.36 Å². The number of rotatable bonds is 53. The number of hydrogen-bond donors (Lipinski definition) is 2. The predicted octanol–water partition coefficient (Wildman–Crippen LogP) is 16.4. The first-order chi connectivity index (χ1) is 31.5. The van der Waals surface area contributed by atoms with E-state index in [1.807, 2.05) is 21.1 Å². The Morgan fingerprint density at radius 1 is 0.523 bits per heavy atom. The maximum atomic E-state index is 13.0. The van der Waals surface area contributed by atoms with Gasteiger partial charge in [0.05, 0.1) is 39.9 Å². The zero-order chi connectivity index (χ0) is 47.8. The predicted molar refractivity (Wildman–Crippen MR) is 279 cm³/mol. The van der Waals surface area contributed by atoms with E-state index in [9.17, 15) is 19.4 Å². The van der Waals surface area contributed by atoms with Crippen LogP contribution in [0.15, 0.2) is 12.2 Å². The third-order valence-electron chi connectivity index (χ3n) is 13.3. The van der Waals surface area contributed by atoms with E-state index in [1.54, 1.807) is 0 Å². The van der Waals surface area contributed by atoms with Crippen LogP contribution in [0.5, 0.6) is 0 Å². The monoisotopic (exact) mass is 941 g/mol. The number of carbonyl (C=O) groups is 1. The first-order valence-electron chi connectivity index (χ1n) is 28.5. The van der Waals surface area contributed by atoms with Crippen molar-refractivity contribution < 1.29 is 32.9 Å². The minimum absolute atomic E-state index is 0.0150. The molecule has 0 aromatic heterocycles. The molecule has 0 aliphatic heterocycles. The average Bonchev–Trinajstić information content (AvgIpc) is 3.26. The van der Waals surface area contributed by atoms with Gasteiger partial charge in [-0.15, -0.1) is 0 Å². The first kappa shape index (κ1) is 64.2. The summed E-state index contributed by atoms with van der Waals surface area (Å²) in [6.45, 7) is 4.76. The van der Waals surface area contributed by atoms with E-state index >= 15 is 0 Å². The standard InChI is InChI=1S/C56H113N2O6P/c1-6-8-10-12-14-16-18-20-22-24-26-27-28-29-30-31-32-34-36-38-40-42-44-46-48-50-56(60)57-54(53-64-65(61,62)63-52-51-58(3,4)5)55(59)49-47-45-43-41-39-37-35-33-25-23-21-19-17-15-13-11-9-7-2/h24,26,54-55,59H,6-23,25,27-53H2,1-5H3,(H-,57,60,61,62)/b26-24-. The van der Waals surface area contributed by atoms with Gasteiger partial charge in [0.25, 0.3) is 7.82 Å². The van der Waals surface area contributed by atoms with Crippen LogP contribution < -0.4 is 10.2 Å². The van der Waals surface area contributed by atoms with E-state index in [2.05, 4.69) is 31.3 Å². The molecule has 8 nitrogen and oxygen atoms in total. The van der Waals surface area contributed by atoms with E-state index in [0.717, 1.165) is 38.5 Å². The summed E-state index contributed by atoms with van der Waals surface area (Å²) in [5.74, 6) is -0.160. The number of aliphatic hydroxyl groups is 1. The number of amides is 1. The largest absolute Gasteiger partial charge is 0.756 e. The highest BCUT2D eigenvalue weighted by Gasteiger charge is 2.24. The van der Waals surface area contributed by atoms with Gasteiger partial charge in [0.2, 0.25) is 5.91 Å². The van der Waals surface area contributed by atoms with Crippen LogP contribution in [0.1, 0.15) is 290 Å². The molecule has 3 unspecified atom stereocenters. The molecule has 0 bridgehead atoms. The summed E-state index contributed by atoms with van der Waals surface area (Å²) in [5.41, 5.74) is 0. The lowest BCUT2D eigenvalue weighted by Crippen LogP contribution is -2.46. The molecular weight excluding hydrogens is 828 g/mol. The molecule has 0 radical (unpaired) electrons. The number of quaternary nitrogens is 1. The molecule has 0 spiro atoms. The van der Waals surface area contributed by atoms with E-state index in [1.165, 1.54) is 225 Å². The molecular formula is C56H113N2O6P. The molecule has 0 rings (SSSR count). The molecule has 9 heteroatoms. The number of phosphoric acid groups is 1. The van der Waals surface area contributed by atoms with Crippen molar-refractivity contribution >= 4 is 13.7 Å². The van der Waals surface area contributed by atoms with Crippen LogP contribution in [0, 0.1) is 0 Å². The quantitative estimate of drug-likeness (QED) is 0.0272. The van der Waals surface area contributed by atoms with Gasteiger partial charge in [-0.25, -0.2) is 0 Å². The number of hydrogen-bond acceptors (Lipinski definition) is 6. The van der Waals surface area contributed by atoms with Gasteiger partial charge in [-0.1, -0.05) is 257 Å². The van der Waals surface area contributed by atoms with Crippen LogP contribution >= 0.6 is 7.82 Å². The number of carbonyl (C=O) groups excluding carboxylic acids is 1. The number of aliphatic hydroxyl groups excluding tert-OH is 1. The second kappa shape index (κ2) is 48.3. The van der Waals surface area contributed by atoms with Gasteiger partial charge in [0.15, 0.2) is 0 Å². The van der Waals surface area contributed by atoms with Crippen molar-refractivity contribution in [3.8, 4) is 0 Å². The number of nitrogens with one attached hydrogen (secondary N) is 1. The van der Waals surface area contributed by atoms with Crippen molar-refractivity contribution in [3.05, 3.63) is 12.2 Å². The highest BCUT2D eigenvalue weighted by molar-refractivity contribution is 7.45. The van der Waals surface area contributed by atoms with Gasteiger partial charge >= 0.3 is 0 Å². The molecule has 0 saturated carbocycles. The van der Waals surface area contributed by atoms with Gasteiger partial charge in [0, 0.05) is 6.42 Å². The summed E-state index contributed by atoms with van der Waals surface area (Å²) in [6.07, 6.45) is 58.1. The fraction of sp³-hybridized carbons (Fsp3) is 0.946. The van der Waals surface area contributed by atoms with Crippen LogP contribution in [-0.4, -0.2) is 68.5 Å². The van der Waals surface area contributed by atoms with Gasteiger partial charge < -0.3 is 28.8 Å². The molecule has 1 amide bonds. The van der Waals surface area contributed by atoms with Gasteiger partial charge in [-0.2, -0.15) is 0 Å². The number of phosphoric ester groups is 1. The maximum Gasteiger partial charge on any atom is 0.268 e. The molecule has 388 valence electrons. The molecule has 65 heavy (non-hydrogen) atoms. The smallest absolute Gasteiger partial charge is 0.268 e. The highest BCUT2D eigenvalue weighted by atomic mass is 31.2. The lowest BCUT2D eigenvalue weighted by Gasteiger charge is -2.30. The van der Waals surface area contributed by atoms with E-state index in [4.69, 9.17) is 9.05 Å². The first-order valence-corrected chi connectivity index (χ1v) is 30.0. The van der Waals surface area contributed by atoms with E-state index in [-0.39, 0.29) is 19.1 Å². The minimum Gasteiger partial charge on any atom is -0.756 e. The van der Waals surface area contributed by atoms with Crippen molar-refractivity contribution in [1.82, 2.24) is 5.32 Å². The Morgan fingerprint density at radius 2 is 0.846 bits per heavy atom. The molecule has 0 aromatic carbocycles. The molecule has 3 atom stereocenters. The number of allylic oxidation sites excluding steroid dienone is 2. The molecule has 2 N–H and O–H groups in total. The molecule has 0 heterocycles. The molecule has 0 aliphatic rings. The summed E-state index contributed by atoms with van der Waals surface area (Å²) in [4.78, 5) is 25.5. The second-order valence-corrected chi connectivity index (χ2v) is 22.4. The number of nitrogens with zero attached hydrogens (tertiary/aromatic N) is 1. The van der Waals surface area contributed by atoms with Crippen molar-refractivity contribution in [2.45, 2.75) is 302 Å². The lowest BCUT2D eigenvalue weighted by molar-refractivity contribution is -0.870. The van der Waals surface area contributed by atoms with Gasteiger partial charge in [0.1, 0.15) is 13.2 Å². The minimum atomic E-state index is -4.57. The van der Waals surface area contributed by atoms with Crippen molar-refractivity contribution in [2.75, 3.05) is 40.9 Å². The highest BCUT2D eigenvalue weighted by Crippen LogP contribution is 2.38. The zero-order valence-corrected chi connectivity index (χ0v) is 45.1. The maximum absolute atomic E-state index is 13.0. The van der Waals surface area contributed by atoms with Crippen LogP contribution in [0.2, 0.25) is 0 Å². The molecule has 0 saturated heterocycles. The second-order valence-electron chi connectivity index (χ2n) is 21.0. The van der Waals surface area contributed by atoms with Crippen molar-refractivity contribution in [2.24, 2.45) is 0 Å². The van der Waals surface area contributed by atoms with Gasteiger partial charge in [-0.05, 0) is 38.5 Å². The number of unbranched alkanes of at least 4 members (excludes halogenated alkanes) is 38. The van der Waals surface area contributed by atoms with Crippen LogP contribution in [0.25, 0.3) is 0 Å². The average molecular weight is 942 g/mol. The molecule has 0 fully saturated rings.